The molecule has 0 unspecified atom stereocenters. The van der Waals surface area contributed by atoms with Crippen molar-refractivity contribution in [3.05, 3.63) is 81.7 Å². The van der Waals surface area contributed by atoms with Gasteiger partial charge in [-0.3, -0.25) is 9.20 Å². The summed E-state index contributed by atoms with van der Waals surface area (Å²) in [6.07, 6.45) is 3.27. The molecule has 4 aromatic rings. The lowest BCUT2D eigenvalue weighted by molar-refractivity contribution is -0.139. The highest BCUT2D eigenvalue weighted by Crippen LogP contribution is 2.51. The average Bonchev–Trinajstić information content (AvgIpc) is 3.30. The van der Waals surface area contributed by atoms with Crippen LogP contribution in [0.2, 0.25) is 0 Å². The van der Waals surface area contributed by atoms with Crippen molar-refractivity contribution >= 4 is 5.65 Å². The molecule has 0 atom stereocenters. The Morgan fingerprint density at radius 2 is 1.95 bits per heavy atom. The van der Waals surface area contributed by atoms with Gasteiger partial charge in [-0.1, -0.05) is 25.1 Å². The van der Waals surface area contributed by atoms with Gasteiger partial charge in [0, 0.05) is 37.1 Å². The van der Waals surface area contributed by atoms with Gasteiger partial charge < -0.3 is 9.88 Å². The highest BCUT2D eigenvalue weighted by atomic mass is 19.4. The van der Waals surface area contributed by atoms with Crippen molar-refractivity contribution in [2.45, 2.75) is 69.6 Å². The van der Waals surface area contributed by atoms with Crippen LogP contribution < -0.4 is 10.9 Å². The van der Waals surface area contributed by atoms with E-state index < -0.39 is 28.8 Å². The molecule has 210 valence electrons. The minimum Gasteiger partial charge on any atom is -0.320 e. The molecule has 1 aromatic carbocycles. The summed E-state index contributed by atoms with van der Waals surface area (Å²) in [7, 11) is 1.89. The monoisotopic (exact) mass is 554 g/mol. The Kier molecular flexibility index (Phi) is 6.14. The molecule has 7 nitrogen and oxygen atoms in total. The van der Waals surface area contributed by atoms with Gasteiger partial charge in [0.1, 0.15) is 23.5 Å². The molecule has 0 amide bonds. The molecule has 11 heteroatoms. The number of benzene rings is 1. The lowest BCUT2D eigenvalue weighted by Gasteiger charge is -2.46. The third-order valence-corrected chi connectivity index (χ3v) is 8.71. The molecular weight excluding hydrogens is 524 g/mol. The second-order valence-corrected chi connectivity index (χ2v) is 11.7. The molecule has 40 heavy (non-hydrogen) atoms. The molecule has 0 radical (unpaired) electrons. The number of hydrogen-bond donors (Lipinski definition) is 1. The SMILES string of the molecule is Cn1cnnc1[C@]1(c2cccc(-c3cnc4c(C(F)(F)F)c(F)c(CNC5(C)CCC5)cn4c3=O)c2)C[C@H](C)C1. The third-order valence-electron chi connectivity index (χ3n) is 8.71. The molecule has 2 aliphatic rings. The van der Waals surface area contributed by atoms with E-state index in [1.807, 2.05) is 36.7 Å². The first kappa shape index (κ1) is 26.6. The van der Waals surface area contributed by atoms with Crippen LogP contribution >= 0.6 is 0 Å². The number of alkyl halides is 3. The first-order chi connectivity index (χ1) is 18.9. The highest BCUT2D eigenvalue weighted by molar-refractivity contribution is 5.66. The number of pyridine rings is 1. The summed E-state index contributed by atoms with van der Waals surface area (Å²) < 4.78 is 60.2. The molecule has 3 aromatic heterocycles. The summed E-state index contributed by atoms with van der Waals surface area (Å²) in [5.41, 5.74) is -2.27. The molecule has 0 spiro atoms. The largest absolute Gasteiger partial charge is 0.422 e. The van der Waals surface area contributed by atoms with Crippen molar-refractivity contribution in [2.24, 2.45) is 13.0 Å². The van der Waals surface area contributed by atoms with Crippen LogP contribution in [-0.2, 0) is 25.2 Å². The van der Waals surface area contributed by atoms with Crippen molar-refractivity contribution in [3.63, 3.8) is 0 Å². The minimum absolute atomic E-state index is 0.129. The Labute approximate surface area is 228 Å². The van der Waals surface area contributed by atoms with Gasteiger partial charge in [-0.2, -0.15) is 13.2 Å². The maximum Gasteiger partial charge on any atom is 0.422 e. The number of hydrogen-bond acceptors (Lipinski definition) is 5. The van der Waals surface area contributed by atoms with E-state index >= 15 is 4.39 Å². The number of aryl methyl sites for hydroxylation is 1. The van der Waals surface area contributed by atoms with Crippen LogP contribution in [0.5, 0.6) is 0 Å². The van der Waals surface area contributed by atoms with Crippen LogP contribution in [-0.4, -0.2) is 29.7 Å². The van der Waals surface area contributed by atoms with Crippen LogP contribution in [0, 0.1) is 11.7 Å². The lowest BCUT2D eigenvalue weighted by atomic mass is 9.58. The molecule has 2 aliphatic carbocycles. The summed E-state index contributed by atoms with van der Waals surface area (Å²) >= 11 is 0. The zero-order valence-electron chi connectivity index (χ0n) is 22.5. The average molecular weight is 555 g/mol. The van der Waals surface area contributed by atoms with Gasteiger partial charge in [-0.05, 0) is 62.1 Å². The first-order valence-electron chi connectivity index (χ1n) is 13.4. The van der Waals surface area contributed by atoms with E-state index in [2.05, 4.69) is 27.4 Å². The third kappa shape index (κ3) is 4.22. The van der Waals surface area contributed by atoms with Gasteiger partial charge in [0.05, 0.1) is 11.0 Å². The first-order valence-corrected chi connectivity index (χ1v) is 13.4. The summed E-state index contributed by atoms with van der Waals surface area (Å²) in [6, 6.07) is 7.40. The van der Waals surface area contributed by atoms with Gasteiger partial charge in [0.25, 0.3) is 5.56 Å². The van der Waals surface area contributed by atoms with Crippen LogP contribution in [0.25, 0.3) is 16.8 Å². The zero-order chi connectivity index (χ0) is 28.4. The van der Waals surface area contributed by atoms with E-state index in [1.54, 1.807) is 12.4 Å². The molecule has 2 fully saturated rings. The summed E-state index contributed by atoms with van der Waals surface area (Å²) in [6.45, 7) is 3.98. The number of nitrogens with zero attached hydrogens (tertiary/aromatic N) is 5. The highest BCUT2D eigenvalue weighted by Gasteiger charge is 2.48. The van der Waals surface area contributed by atoms with E-state index in [4.69, 9.17) is 0 Å². The zero-order valence-corrected chi connectivity index (χ0v) is 22.5. The van der Waals surface area contributed by atoms with Gasteiger partial charge in [0.2, 0.25) is 0 Å². The van der Waals surface area contributed by atoms with E-state index in [9.17, 15) is 18.0 Å². The van der Waals surface area contributed by atoms with Crippen molar-refractivity contribution in [2.75, 3.05) is 0 Å². The number of aromatic nitrogens is 5. The maximum absolute atomic E-state index is 15.3. The lowest BCUT2D eigenvalue weighted by Crippen LogP contribution is -2.47. The second kappa shape index (κ2) is 9.22. The molecule has 2 saturated carbocycles. The van der Waals surface area contributed by atoms with Crippen molar-refractivity contribution in [3.8, 4) is 11.1 Å². The second-order valence-electron chi connectivity index (χ2n) is 11.7. The number of rotatable bonds is 6. The van der Waals surface area contributed by atoms with Crippen LogP contribution in [0.1, 0.15) is 68.5 Å². The standard InChI is InChI=1S/C29H30F4N6O/c1-17-11-28(12-17,26-37-36-16-38(26)3)20-7-4-6-18(10-20)21-14-34-24-22(29(31,32)33)23(30)19(15-39(24)25(21)40)13-35-27(2)8-5-9-27/h4,6-7,10,14-17,35H,5,8-9,11-13H2,1-3H3/t17-,28+. The Hall–Kier alpha value is -3.60. The topological polar surface area (TPSA) is 77.1 Å². The van der Waals surface area contributed by atoms with Crippen LogP contribution in [0.15, 0.2) is 47.8 Å². The van der Waals surface area contributed by atoms with E-state index in [1.165, 1.54) is 0 Å². The molecule has 6 rings (SSSR count). The molecule has 1 N–H and O–H groups in total. The van der Waals surface area contributed by atoms with Gasteiger partial charge >= 0.3 is 6.18 Å². The van der Waals surface area contributed by atoms with E-state index in [-0.39, 0.29) is 28.6 Å². The number of nitrogens with one attached hydrogen (secondary N) is 1. The van der Waals surface area contributed by atoms with Crippen molar-refractivity contribution in [1.82, 2.24) is 29.5 Å². The Morgan fingerprint density at radius 3 is 2.55 bits per heavy atom. The summed E-state index contributed by atoms with van der Waals surface area (Å²) in [5.74, 6) is -0.119. The predicted molar refractivity (Wildman–Crippen MR) is 141 cm³/mol. The fourth-order valence-electron chi connectivity index (χ4n) is 6.39. The maximum atomic E-state index is 15.3. The molecule has 0 aliphatic heterocycles. The van der Waals surface area contributed by atoms with Crippen LogP contribution in [0.4, 0.5) is 17.6 Å². The summed E-state index contributed by atoms with van der Waals surface area (Å²) in [4.78, 5) is 17.7. The Bertz CT molecular complexity index is 1660. The number of halogens is 4. The van der Waals surface area contributed by atoms with Gasteiger partial charge in [-0.15, -0.1) is 10.2 Å². The van der Waals surface area contributed by atoms with Gasteiger partial charge in [-0.25, -0.2) is 9.37 Å². The van der Waals surface area contributed by atoms with E-state index in [0.29, 0.717) is 11.5 Å². The number of fused-ring (bicyclic) bond motifs is 1. The smallest absolute Gasteiger partial charge is 0.320 e. The van der Waals surface area contributed by atoms with Gasteiger partial charge in [0.15, 0.2) is 5.65 Å². The van der Waals surface area contributed by atoms with Crippen LogP contribution in [0.3, 0.4) is 0 Å². The normalized spacial score (nSPS) is 22.2. The van der Waals surface area contributed by atoms with Crippen molar-refractivity contribution in [1.29, 1.82) is 0 Å². The fourth-order valence-corrected chi connectivity index (χ4v) is 6.39. The predicted octanol–water partition coefficient (Wildman–Crippen LogP) is 5.40. The van der Waals surface area contributed by atoms with Crippen molar-refractivity contribution < 1.29 is 17.6 Å². The fraction of sp³-hybridized carbons (Fsp3) is 0.448. The summed E-state index contributed by atoms with van der Waals surface area (Å²) in [5, 5.41) is 11.6. The molecule has 3 heterocycles. The molecular formula is C29H30F4N6O. The Balaban J connectivity index is 1.47. The van der Waals surface area contributed by atoms with E-state index in [0.717, 1.165) is 60.3 Å². The minimum atomic E-state index is -5.03. The molecule has 0 saturated heterocycles. The Morgan fingerprint density at radius 1 is 1.20 bits per heavy atom. The quantitative estimate of drug-likeness (QED) is 0.323. The molecule has 0 bridgehead atoms.